The quantitative estimate of drug-likeness (QED) is 0.751. The molecule has 2 fully saturated rings. The van der Waals surface area contributed by atoms with Crippen LogP contribution in [-0.2, 0) is 20.8 Å². The number of amides is 3. The molecule has 0 aromatic heterocycles. The average Bonchev–Trinajstić information content (AvgIpc) is 2.88. The fourth-order valence-electron chi connectivity index (χ4n) is 3.41. The van der Waals surface area contributed by atoms with Crippen molar-refractivity contribution in [1.82, 2.24) is 14.7 Å². The second kappa shape index (κ2) is 7.31. The van der Waals surface area contributed by atoms with E-state index in [2.05, 4.69) is 0 Å². The van der Waals surface area contributed by atoms with Gasteiger partial charge in [0.1, 0.15) is 5.82 Å². The highest BCUT2D eigenvalue weighted by molar-refractivity contribution is 6.05. The summed E-state index contributed by atoms with van der Waals surface area (Å²) in [4.78, 5) is 41.0. The van der Waals surface area contributed by atoms with Crippen LogP contribution in [0.5, 0.6) is 0 Å². The van der Waals surface area contributed by atoms with Crippen LogP contribution in [0.15, 0.2) is 24.3 Å². The zero-order valence-electron chi connectivity index (χ0n) is 14.3. The van der Waals surface area contributed by atoms with Crippen LogP contribution in [0.1, 0.15) is 18.4 Å². The van der Waals surface area contributed by atoms with Crippen molar-refractivity contribution in [1.29, 1.82) is 0 Å². The van der Waals surface area contributed by atoms with E-state index in [4.69, 9.17) is 0 Å². The molecule has 1 aromatic carbocycles. The Bertz CT molecular complexity index is 686. The average molecular weight is 347 g/mol. The molecule has 7 heteroatoms. The first-order valence-electron chi connectivity index (χ1n) is 8.53. The third kappa shape index (κ3) is 3.71. The van der Waals surface area contributed by atoms with Gasteiger partial charge in [0, 0.05) is 39.6 Å². The fourth-order valence-corrected chi connectivity index (χ4v) is 3.41. The van der Waals surface area contributed by atoms with Crippen molar-refractivity contribution in [2.24, 2.45) is 0 Å². The summed E-state index contributed by atoms with van der Waals surface area (Å²) in [5.74, 6) is -0.606. The first-order chi connectivity index (χ1) is 12.0. The number of carbonyl (C=O) groups excluding carboxylic acids is 3. The number of benzene rings is 1. The maximum absolute atomic E-state index is 13.6. The van der Waals surface area contributed by atoms with Crippen molar-refractivity contribution in [3.63, 3.8) is 0 Å². The predicted octanol–water partition coefficient (Wildman–Crippen LogP) is 0.660. The molecule has 0 bridgehead atoms. The van der Waals surface area contributed by atoms with Crippen LogP contribution in [-0.4, -0.2) is 71.7 Å². The number of halogens is 1. The summed E-state index contributed by atoms with van der Waals surface area (Å²) < 4.78 is 13.6. The number of nitrogens with zero attached hydrogens (tertiary/aromatic N) is 3. The van der Waals surface area contributed by atoms with Gasteiger partial charge in [-0.15, -0.1) is 0 Å². The van der Waals surface area contributed by atoms with E-state index in [1.807, 2.05) is 4.90 Å². The molecule has 2 aliphatic rings. The van der Waals surface area contributed by atoms with Gasteiger partial charge in [0.05, 0.1) is 12.5 Å². The fraction of sp³-hybridized carbons (Fsp3) is 0.500. The standard InChI is InChI=1S/C18H22FN3O3/c1-20-17(24)12-15(18(20)25)21-8-10-22(11-9-21)16(23)7-6-13-4-2-3-5-14(13)19/h2-5,15H,6-12H2,1H3. The van der Waals surface area contributed by atoms with Gasteiger partial charge in [-0.25, -0.2) is 4.39 Å². The lowest BCUT2D eigenvalue weighted by Gasteiger charge is -2.37. The lowest BCUT2D eigenvalue weighted by atomic mass is 10.1. The Hall–Kier alpha value is -2.28. The molecule has 3 rings (SSSR count). The second-order valence-corrected chi connectivity index (χ2v) is 6.52. The van der Waals surface area contributed by atoms with Gasteiger partial charge in [-0.1, -0.05) is 18.2 Å². The minimum Gasteiger partial charge on any atom is -0.340 e. The Balaban J connectivity index is 1.49. The summed E-state index contributed by atoms with van der Waals surface area (Å²) in [5.41, 5.74) is 0.549. The highest BCUT2D eigenvalue weighted by Gasteiger charge is 2.40. The molecule has 2 saturated heterocycles. The molecule has 0 aliphatic carbocycles. The zero-order chi connectivity index (χ0) is 18.0. The lowest BCUT2D eigenvalue weighted by Crippen LogP contribution is -2.53. The van der Waals surface area contributed by atoms with Crippen molar-refractivity contribution in [3.05, 3.63) is 35.6 Å². The number of hydrogen-bond acceptors (Lipinski definition) is 4. The molecule has 2 heterocycles. The van der Waals surface area contributed by atoms with Crippen LogP contribution in [0.2, 0.25) is 0 Å². The molecule has 25 heavy (non-hydrogen) atoms. The predicted molar refractivity (Wildman–Crippen MR) is 89.1 cm³/mol. The summed E-state index contributed by atoms with van der Waals surface area (Å²) in [6.45, 7) is 2.20. The number of aryl methyl sites for hydroxylation is 1. The van der Waals surface area contributed by atoms with Gasteiger partial charge in [-0.2, -0.15) is 0 Å². The second-order valence-electron chi connectivity index (χ2n) is 6.52. The van der Waals surface area contributed by atoms with Crippen LogP contribution >= 0.6 is 0 Å². The van der Waals surface area contributed by atoms with Crippen LogP contribution in [0.4, 0.5) is 4.39 Å². The largest absolute Gasteiger partial charge is 0.340 e. The van der Waals surface area contributed by atoms with E-state index in [0.29, 0.717) is 38.2 Å². The maximum Gasteiger partial charge on any atom is 0.246 e. The molecule has 6 nitrogen and oxygen atoms in total. The Morgan fingerprint density at radius 2 is 1.84 bits per heavy atom. The van der Waals surface area contributed by atoms with Gasteiger partial charge in [-0.05, 0) is 18.1 Å². The van der Waals surface area contributed by atoms with E-state index >= 15 is 0 Å². The number of likely N-dealkylation sites (N-methyl/N-ethyl adjacent to an activating group) is 1. The van der Waals surface area contributed by atoms with Crippen LogP contribution in [0.3, 0.4) is 0 Å². The molecule has 1 atom stereocenters. The van der Waals surface area contributed by atoms with Gasteiger partial charge in [0.15, 0.2) is 0 Å². The Labute approximate surface area is 146 Å². The monoisotopic (exact) mass is 347 g/mol. The first-order valence-corrected chi connectivity index (χ1v) is 8.53. The van der Waals surface area contributed by atoms with Gasteiger partial charge in [-0.3, -0.25) is 24.2 Å². The SMILES string of the molecule is CN1C(=O)CC(N2CCN(C(=O)CCc3ccccc3F)CC2)C1=O. The number of imide groups is 1. The number of likely N-dealkylation sites (tertiary alicyclic amines) is 1. The molecule has 2 aliphatic heterocycles. The summed E-state index contributed by atoms with van der Waals surface area (Å²) in [6.07, 6.45) is 0.868. The van der Waals surface area contributed by atoms with Crippen LogP contribution in [0.25, 0.3) is 0 Å². The molecule has 1 aromatic rings. The molecular formula is C18H22FN3O3. The van der Waals surface area contributed by atoms with Gasteiger partial charge in [0.25, 0.3) is 0 Å². The minimum atomic E-state index is -0.395. The van der Waals surface area contributed by atoms with Crippen LogP contribution < -0.4 is 0 Å². The third-order valence-corrected chi connectivity index (χ3v) is 5.03. The van der Waals surface area contributed by atoms with Gasteiger partial charge < -0.3 is 4.90 Å². The van der Waals surface area contributed by atoms with E-state index in [0.717, 1.165) is 0 Å². The highest BCUT2D eigenvalue weighted by atomic mass is 19.1. The summed E-state index contributed by atoms with van der Waals surface area (Å²) in [7, 11) is 1.51. The smallest absolute Gasteiger partial charge is 0.246 e. The number of hydrogen-bond donors (Lipinski definition) is 0. The van der Waals surface area contributed by atoms with E-state index in [1.54, 1.807) is 23.1 Å². The molecule has 3 amide bonds. The molecule has 1 unspecified atom stereocenters. The molecule has 0 spiro atoms. The number of carbonyl (C=O) groups is 3. The molecule has 0 N–H and O–H groups in total. The summed E-state index contributed by atoms with van der Waals surface area (Å²) in [5, 5.41) is 0. The number of piperazine rings is 1. The van der Waals surface area contributed by atoms with Crippen molar-refractivity contribution < 1.29 is 18.8 Å². The zero-order valence-corrected chi connectivity index (χ0v) is 14.3. The van der Waals surface area contributed by atoms with E-state index in [-0.39, 0.29) is 36.4 Å². The summed E-state index contributed by atoms with van der Waals surface area (Å²) >= 11 is 0. The molecule has 134 valence electrons. The van der Waals surface area contributed by atoms with Crippen molar-refractivity contribution in [2.45, 2.75) is 25.3 Å². The normalized spacial score (nSPS) is 21.9. The Morgan fingerprint density at radius 3 is 2.44 bits per heavy atom. The van der Waals surface area contributed by atoms with Crippen molar-refractivity contribution in [2.75, 3.05) is 33.2 Å². The molecular weight excluding hydrogens is 325 g/mol. The topological polar surface area (TPSA) is 60.9 Å². The van der Waals surface area contributed by atoms with Gasteiger partial charge >= 0.3 is 0 Å². The third-order valence-electron chi connectivity index (χ3n) is 5.03. The maximum atomic E-state index is 13.6. The first kappa shape index (κ1) is 17.5. The minimum absolute atomic E-state index is 0.00570. The molecule has 0 saturated carbocycles. The van der Waals surface area contributed by atoms with E-state index in [9.17, 15) is 18.8 Å². The van der Waals surface area contributed by atoms with E-state index in [1.165, 1.54) is 18.0 Å². The highest BCUT2D eigenvalue weighted by Crippen LogP contribution is 2.19. The summed E-state index contributed by atoms with van der Waals surface area (Å²) in [6, 6.07) is 6.09. The van der Waals surface area contributed by atoms with E-state index < -0.39 is 6.04 Å². The van der Waals surface area contributed by atoms with Gasteiger partial charge in [0.2, 0.25) is 17.7 Å². The Kier molecular flexibility index (Phi) is 5.13. The van der Waals surface area contributed by atoms with Crippen molar-refractivity contribution in [3.8, 4) is 0 Å². The number of rotatable bonds is 4. The van der Waals surface area contributed by atoms with Crippen molar-refractivity contribution >= 4 is 17.7 Å². The van der Waals surface area contributed by atoms with Crippen LogP contribution in [0, 0.1) is 5.82 Å². The molecule has 0 radical (unpaired) electrons. The lowest BCUT2D eigenvalue weighted by molar-refractivity contribution is -0.138. The Morgan fingerprint density at radius 1 is 1.16 bits per heavy atom.